The zero-order valence-electron chi connectivity index (χ0n) is 11.9. The van der Waals surface area contributed by atoms with Gasteiger partial charge < -0.3 is 10.5 Å². The molecule has 1 atom stereocenters. The van der Waals surface area contributed by atoms with Crippen LogP contribution in [-0.2, 0) is 13.0 Å². The Kier molecular flexibility index (Phi) is 5.53. The number of ether oxygens (including phenoxy) is 1. The zero-order valence-corrected chi connectivity index (χ0v) is 12.6. The maximum absolute atomic E-state index is 13.6. The molecule has 2 rings (SSSR count). The highest BCUT2D eigenvalue weighted by molar-refractivity contribution is 6.30. The minimum Gasteiger partial charge on any atom is -0.487 e. The van der Waals surface area contributed by atoms with Gasteiger partial charge in [0.2, 0.25) is 0 Å². The summed E-state index contributed by atoms with van der Waals surface area (Å²) in [6.45, 7) is 2.16. The summed E-state index contributed by atoms with van der Waals surface area (Å²) in [6, 6.07) is 8.19. The third-order valence-corrected chi connectivity index (χ3v) is 3.43. The van der Waals surface area contributed by atoms with Gasteiger partial charge in [0.15, 0.2) is 0 Å². The van der Waals surface area contributed by atoms with Gasteiger partial charge in [-0.3, -0.25) is 4.98 Å². The van der Waals surface area contributed by atoms with Crippen molar-refractivity contribution < 1.29 is 9.13 Å². The number of nitrogens with two attached hydrogens (primary N) is 1. The Labute approximate surface area is 128 Å². The Balaban J connectivity index is 1.96. The van der Waals surface area contributed by atoms with E-state index in [1.807, 2.05) is 19.1 Å². The lowest BCUT2D eigenvalue weighted by Gasteiger charge is -2.10. The first kappa shape index (κ1) is 15.7. The lowest BCUT2D eigenvalue weighted by molar-refractivity contribution is 0.298. The van der Waals surface area contributed by atoms with Gasteiger partial charge in [0.05, 0.1) is 6.20 Å². The van der Waals surface area contributed by atoms with Crippen LogP contribution in [0, 0.1) is 5.82 Å². The normalized spacial score (nSPS) is 12.2. The van der Waals surface area contributed by atoms with Gasteiger partial charge in [-0.15, -0.1) is 0 Å². The molecule has 0 aliphatic rings. The van der Waals surface area contributed by atoms with Gasteiger partial charge >= 0.3 is 0 Å². The Hall–Kier alpha value is -1.65. The van der Waals surface area contributed by atoms with Crippen LogP contribution in [0.15, 0.2) is 36.5 Å². The maximum Gasteiger partial charge on any atom is 0.138 e. The fourth-order valence-electron chi connectivity index (χ4n) is 1.85. The molecule has 0 saturated heterocycles. The van der Waals surface area contributed by atoms with Gasteiger partial charge in [0, 0.05) is 28.7 Å². The Morgan fingerprint density at radius 1 is 1.33 bits per heavy atom. The van der Waals surface area contributed by atoms with Crippen LogP contribution in [0.4, 0.5) is 4.39 Å². The molecule has 1 unspecified atom stereocenters. The van der Waals surface area contributed by atoms with Gasteiger partial charge in [0.25, 0.3) is 0 Å². The highest BCUT2D eigenvalue weighted by Gasteiger charge is 2.06. The van der Waals surface area contributed by atoms with Crippen molar-refractivity contribution in [2.75, 3.05) is 0 Å². The van der Waals surface area contributed by atoms with Crippen LogP contribution in [0.5, 0.6) is 5.75 Å². The Morgan fingerprint density at radius 3 is 2.81 bits per heavy atom. The molecule has 0 aliphatic carbocycles. The first-order valence-corrected chi connectivity index (χ1v) is 7.23. The molecule has 1 aromatic carbocycles. The lowest BCUT2D eigenvalue weighted by atomic mass is 10.1. The number of benzene rings is 1. The summed E-state index contributed by atoms with van der Waals surface area (Å²) >= 11 is 5.84. The number of aromatic nitrogens is 1. The minimum absolute atomic E-state index is 0.113. The van der Waals surface area contributed by atoms with E-state index in [0.29, 0.717) is 16.3 Å². The first-order chi connectivity index (χ1) is 10.1. The second-order valence-corrected chi connectivity index (χ2v) is 5.32. The number of pyridine rings is 1. The molecular formula is C16H18ClFN2O. The van der Waals surface area contributed by atoms with Crippen LogP contribution in [0.1, 0.15) is 24.6 Å². The minimum atomic E-state index is -0.335. The van der Waals surface area contributed by atoms with E-state index >= 15 is 0 Å². The summed E-state index contributed by atoms with van der Waals surface area (Å²) in [4.78, 5) is 4.29. The molecule has 0 spiro atoms. The smallest absolute Gasteiger partial charge is 0.138 e. The molecular weight excluding hydrogens is 291 g/mol. The molecule has 112 valence electrons. The molecule has 0 aliphatic heterocycles. The standard InChI is InChI=1S/C16H18ClFN2O/c1-2-13(19)8-14-4-5-15(9-20-14)21-10-11-7-12(17)3-6-16(11)18/h3-7,9,13H,2,8,10,19H2,1H3. The van der Waals surface area contributed by atoms with Crippen LogP contribution in [0.2, 0.25) is 5.02 Å². The van der Waals surface area contributed by atoms with Crippen LogP contribution >= 0.6 is 11.6 Å². The zero-order chi connectivity index (χ0) is 15.2. The molecule has 0 radical (unpaired) electrons. The van der Waals surface area contributed by atoms with Gasteiger partial charge in [-0.25, -0.2) is 4.39 Å². The van der Waals surface area contributed by atoms with Crippen molar-refractivity contribution in [1.82, 2.24) is 4.98 Å². The topological polar surface area (TPSA) is 48.1 Å². The van der Waals surface area contributed by atoms with Crippen LogP contribution < -0.4 is 10.5 Å². The third kappa shape index (κ3) is 4.69. The summed E-state index contributed by atoms with van der Waals surface area (Å²) in [6.07, 6.45) is 3.27. The number of nitrogens with zero attached hydrogens (tertiary/aromatic N) is 1. The van der Waals surface area contributed by atoms with Crippen molar-refractivity contribution in [3.63, 3.8) is 0 Å². The molecule has 0 amide bonds. The number of hydrogen-bond donors (Lipinski definition) is 1. The average molecular weight is 309 g/mol. The van der Waals surface area contributed by atoms with Crippen molar-refractivity contribution in [3.8, 4) is 5.75 Å². The van der Waals surface area contributed by atoms with Gasteiger partial charge in [-0.2, -0.15) is 0 Å². The molecule has 3 nitrogen and oxygen atoms in total. The molecule has 5 heteroatoms. The van der Waals surface area contributed by atoms with E-state index in [9.17, 15) is 4.39 Å². The van der Waals surface area contributed by atoms with Crippen molar-refractivity contribution >= 4 is 11.6 Å². The second-order valence-electron chi connectivity index (χ2n) is 4.88. The average Bonchev–Trinajstić information content (AvgIpc) is 2.49. The van der Waals surface area contributed by atoms with Gasteiger partial charge in [-0.05, 0) is 36.8 Å². The molecule has 21 heavy (non-hydrogen) atoms. The predicted molar refractivity (Wildman–Crippen MR) is 81.9 cm³/mol. The highest BCUT2D eigenvalue weighted by Crippen LogP contribution is 2.18. The number of rotatable bonds is 6. The molecule has 2 aromatic rings. The predicted octanol–water partition coefficient (Wildman–Crippen LogP) is 3.73. The monoisotopic (exact) mass is 308 g/mol. The molecule has 1 heterocycles. The van der Waals surface area contributed by atoms with Gasteiger partial charge in [-0.1, -0.05) is 18.5 Å². The lowest BCUT2D eigenvalue weighted by Crippen LogP contribution is -2.21. The van der Waals surface area contributed by atoms with Crippen molar-refractivity contribution in [2.45, 2.75) is 32.4 Å². The van der Waals surface area contributed by atoms with E-state index in [0.717, 1.165) is 18.5 Å². The fraction of sp³-hybridized carbons (Fsp3) is 0.312. The van der Waals surface area contributed by atoms with Crippen molar-refractivity contribution in [1.29, 1.82) is 0 Å². The van der Waals surface area contributed by atoms with Crippen LogP contribution in [-0.4, -0.2) is 11.0 Å². The summed E-state index contributed by atoms with van der Waals surface area (Å²) in [7, 11) is 0. The van der Waals surface area contributed by atoms with Crippen LogP contribution in [0.25, 0.3) is 0 Å². The van der Waals surface area contributed by atoms with E-state index in [4.69, 9.17) is 22.1 Å². The molecule has 0 saturated carbocycles. The Bertz CT molecular complexity index is 589. The molecule has 0 fully saturated rings. The molecule has 1 aromatic heterocycles. The number of halogens is 2. The third-order valence-electron chi connectivity index (χ3n) is 3.20. The van der Waals surface area contributed by atoms with E-state index in [2.05, 4.69) is 4.98 Å². The molecule has 0 bridgehead atoms. The maximum atomic E-state index is 13.6. The van der Waals surface area contributed by atoms with Gasteiger partial charge in [0.1, 0.15) is 18.2 Å². The summed E-state index contributed by atoms with van der Waals surface area (Å²) in [5.41, 5.74) is 7.22. The number of hydrogen-bond acceptors (Lipinski definition) is 3. The highest BCUT2D eigenvalue weighted by atomic mass is 35.5. The molecule has 2 N–H and O–H groups in total. The van der Waals surface area contributed by atoms with E-state index in [1.54, 1.807) is 12.3 Å². The fourth-order valence-corrected chi connectivity index (χ4v) is 2.04. The summed E-state index contributed by atoms with van der Waals surface area (Å²) < 4.78 is 19.1. The largest absolute Gasteiger partial charge is 0.487 e. The second kappa shape index (κ2) is 7.38. The van der Waals surface area contributed by atoms with Crippen LogP contribution in [0.3, 0.4) is 0 Å². The Morgan fingerprint density at radius 2 is 2.14 bits per heavy atom. The first-order valence-electron chi connectivity index (χ1n) is 6.85. The SMILES string of the molecule is CCC(N)Cc1ccc(OCc2cc(Cl)ccc2F)cn1. The van der Waals surface area contributed by atoms with E-state index < -0.39 is 0 Å². The van der Waals surface area contributed by atoms with Crippen molar-refractivity contribution in [3.05, 3.63) is 58.6 Å². The summed E-state index contributed by atoms with van der Waals surface area (Å²) in [5, 5.41) is 0.483. The van der Waals surface area contributed by atoms with Crippen molar-refractivity contribution in [2.24, 2.45) is 5.73 Å². The summed E-state index contributed by atoms with van der Waals surface area (Å²) in [5.74, 6) is 0.251. The van der Waals surface area contributed by atoms with E-state index in [-0.39, 0.29) is 18.5 Å². The van der Waals surface area contributed by atoms with E-state index in [1.165, 1.54) is 12.1 Å². The quantitative estimate of drug-likeness (QED) is 0.884.